The molecule has 1 aromatic carbocycles. The second-order valence-electron chi connectivity index (χ2n) is 6.06. The van der Waals surface area contributed by atoms with Gasteiger partial charge in [0.15, 0.2) is 0 Å². The van der Waals surface area contributed by atoms with Gasteiger partial charge in [-0.15, -0.1) is 0 Å². The predicted molar refractivity (Wildman–Crippen MR) is 89.3 cm³/mol. The number of ether oxygens (including phenoxy) is 1. The summed E-state index contributed by atoms with van der Waals surface area (Å²) in [5, 5.41) is 13.6. The van der Waals surface area contributed by atoms with Crippen LogP contribution in [0.25, 0.3) is 0 Å². The number of hydrogen-bond donors (Lipinski definition) is 2. The molecule has 1 heterocycles. The number of aliphatic hydroxyl groups is 1. The third-order valence-corrected chi connectivity index (χ3v) is 5.45. The van der Waals surface area contributed by atoms with E-state index < -0.39 is 0 Å². The molecule has 1 saturated carbocycles. The van der Waals surface area contributed by atoms with Crippen LogP contribution in [-0.4, -0.2) is 34.9 Å². The molecule has 4 heteroatoms. The van der Waals surface area contributed by atoms with Crippen LogP contribution in [0.15, 0.2) is 24.3 Å². The fraction of sp³-hybridized carbons (Fsp3) is 0.647. The molecule has 0 spiro atoms. The molecule has 0 radical (unpaired) electrons. The first-order valence-corrected chi connectivity index (χ1v) is 9.26. The Kier molecular flexibility index (Phi) is 5.31. The zero-order chi connectivity index (χ0) is 14.5. The van der Waals surface area contributed by atoms with Crippen molar-refractivity contribution < 1.29 is 9.84 Å². The molecule has 2 N–H and O–H groups in total. The largest absolute Gasteiger partial charge is 0.488 e. The highest BCUT2D eigenvalue weighted by Gasteiger charge is 2.24. The quantitative estimate of drug-likeness (QED) is 0.890. The maximum absolute atomic E-state index is 9.96. The zero-order valence-electron chi connectivity index (χ0n) is 12.5. The summed E-state index contributed by atoms with van der Waals surface area (Å²) >= 11 is 2.05. The Morgan fingerprint density at radius 2 is 1.71 bits per heavy atom. The third kappa shape index (κ3) is 4.30. The van der Waals surface area contributed by atoms with Crippen molar-refractivity contribution in [2.24, 2.45) is 0 Å². The molecule has 1 aromatic rings. The van der Waals surface area contributed by atoms with Crippen LogP contribution in [-0.2, 0) is 0 Å². The summed E-state index contributed by atoms with van der Waals surface area (Å²) in [7, 11) is 0. The first-order chi connectivity index (χ1) is 10.3. The first-order valence-electron chi connectivity index (χ1n) is 8.10. The van der Waals surface area contributed by atoms with Crippen LogP contribution in [0.5, 0.6) is 5.75 Å². The van der Waals surface area contributed by atoms with E-state index >= 15 is 0 Å². The lowest BCUT2D eigenvalue weighted by molar-refractivity contribution is 0.00688. The van der Waals surface area contributed by atoms with Gasteiger partial charge in [-0.2, -0.15) is 11.8 Å². The van der Waals surface area contributed by atoms with E-state index in [1.165, 1.54) is 30.0 Å². The minimum absolute atomic E-state index is 0.0343. The van der Waals surface area contributed by atoms with Crippen molar-refractivity contribution in [3.63, 3.8) is 0 Å². The Morgan fingerprint density at radius 3 is 2.43 bits per heavy atom. The van der Waals surface area contributed by atoms with E-state index in [1.54, 1.807) is 0 Å². The molecular weight excluding hydrogens is 282 g/mol. The van der Waals surface area contributed by atoms with Crippen molar-refractivity contribution in [1.29, 1.82) is 0 Å². The summed E-state index contributed by atoms with van der Waals surface area (Å²) in [4.78, 5) is 0. The van der Waals surface area contributed by atoms with E-state index in [4.69, 9.17) is 4.74 Å². The maximum Gasteiger partial charge on any atom is 0.124 e. The Balaban J connectivity index is 1.53. The van der Waals surface area contributed by atoms with Crippen molar-refractivity contribution in [3.05, 3.63) is 24.3 Å². The molecule has 3 nitrogen and oxygen atoms in total. The topological polar surface area (TPSA) is 41.5 Å². The summed E-state index contributed by atoms with van der Waals surface area (Å²) in [6, 6.07) is 8.82. The summed E-state index contributed by atoms with van der Waals surface area (Å²) in [6.45, 7) is 0. The fourth-order valence-corrected chi connectivity index (χ4v) is 4.20. The van der Waals surface area contributed by atoms with Gasteiger partial charge in [-0.25, -0.2) is 0 Å². The standard InChI is InChI=1S/C17H25NO2S/c19-16-3-1-2-4-17(16)20-15-7-5-13(6-8-15)18-14-9-11-21-12-10-14/h5-8,14,16-19H,1-4,9-12H2/t16-,17+/m1/s1. The predicted octanol–water partition coefficient (Wildman–Crippen LogP) is 3.68. The van der Waals surface area contributed by atoms with Crippen molar-refractivity contribution in [2.45, 2.75) is 56.8 Å². The van der Waals surface area contributed by atoms with Gasteiger partial charge >= 0.3 is 0 Å². The number of thioether (sulfide) groups is 1. The van der Waals surface area contributed by atoms with Gasteiger partial charge in [0.05, 0.1) is 6.10 Å². The summed E-state index contributed by atoms with van der Waals surface area (Å²) in [6.07, 6.45) is 6.24. The third-order valence-electron chi connectivity index (χ3n) is 4.40. The highest BCUT2D eigenvalue weighted by Crippen LogP contribution is 2.26. The van der Waals surface area contributed by atoms with E-state index in [1.807, 2.05) is 23.9 Å². The Bertz CT molecular complexity index is 431. The molecule has 0 aromatic heterocycles. The Morgan fingerprint density at radius 1 is 1.00 bits per heavy atom. The van der Waals surface area contributed by atoms with E-state index in [9.17, 15) is 5.11 Å². The van der Waals surface area contributed by atoms with E-state index in [2.05, 4.69) is 17.4 Å². The van der Waals surface area contributed by atoms with Gasteiger partial charge in [-0.3, -0.25) is 0 Å². The SMILES string of the molecule is O[C@@H]1CCCC[C@@H]1Oc1ccc(NC2CCSCC2)cc1. The van der Waals surface area contributed by atoms with E-state index in [0.717, 1.165) is 31.4 Å². The highest BCUT2D eigenvalue weighted by atomic mass is 32.2. The van der Waals surface area contributed by atoms with Crippen LogP contribution < -0.4 is 10.1 Å². The van der Waals surface area contributed by atoms with Gasteiger partial charge < -0.3 is 15.2 Å². The van der Waals surface area contributed by atoms with Gasteiger partial charge in [0, 0.05) is 11.7 Å². The average molecular weight is 307 g/mol. The van der Waals surface area contributed by atoms with Gasteiger partial charge in [-0.1, -0.05) is 6.42 Å². The van der Waals surface area contributed by atoms with Crippen LogP contribution in [0.3, 0.4) is 0 Å². The first kappa shape index (κ1) is 15.0. The molecule has 3 rings (SSSR count). The minimum Gasteiger partial charge on any atom is -0.488 e. The number of rotatable bonds is 4. The summed E-state index contributed by atoms with van der Waals surface area (Å²) in [5.74, 6) is 3.39. The number of aliphatic hydroxyl groups excluding tert-OH is 1. The van der Waals surface area contributed by atoms with Crippen LogP contribution >= 0.6 is 11.8 Å². The second-order valence-corrected chi connectivity index (χ2v) is 7.29. The lowest BCUT2D eigenvalue weighted by atomic mass is 9.95. The average Bonchev–Trinajstić information content (AvgIpc) is 2.52. The Labute approximate surface area is 131 Å². The highest BCUT2D eigenvalue weighted by molar-refractivity contribution is 7.99. The molecule has 116 valence electrons. The lowest BCUT2D eigenvalue weighted by Crippen LogP contribution is -2.34. The smallest absolute Gasteiger partial charge is 0.124 e. The van der Waals surface area contributed by atoms with Crippen LogP contribution in [0, 0.1) is 0 Å². The summed E-state index contributed by atoms with van der Waals surface area (Å²) in [5.41, 5.74) is 1.17. The molecule has 2 aliphatic rings. The van der Waals surface area contributed by atoms with Crippen molar-refractivity contribution in [1.82, 2.24) is 0 Å². The van der Waals surface area contributed by atoms with Crippen molar-refractivity contribution >= 4 is 17.4 Å². The van der Waals surface area contributed by atoms with E-state index in [0.29, 0.717) is 6.04 Å². The number of benzene rings is 1. The molecule has 1 aliphatic carbocycles. The van der Waals surface area contributed by atoms with Gasteiger partial charge in [0.25, 0.3) is 0 Å². The molecule has 2 fully saturated rings. The number of anilines is 1. The molecule has 1 aliphatic heterocycles. The monoisotopic (exact) mass is 307 g/mol. The fourth-order valence-electron chi connectivity index (χ4n) is 3.10. The van der Waals surface area contributed by atoms with Gasteiger partial charge in [0.2, 0.25) is 0 Å². The number of nitrogens with one attached hydrogen (secondary N) is 1. The summed E-state index contributed by atoms with van der Waals surface area (Å²) < 4.78 is 5.93. The van der Waals surface area contributed by atoms with Crippen LogP contribution in [0.2, 0.25) is 0 Å². The van der Waals surface area contributed by atoms with Crippen LogP contribution in [0.4, 0.5) is 5.69 Å². The normalized spacial score (nSPS) is 27.3. The van der Waals surface area contributed by atoms with Gasteiger partial charge in [-0.05, 0) is 67.9 Å². The minimum atomic E-state index is -0.309. The van der Waals surface area contributed by atoms with Crippen molar-refractivity contribution in [2.75, 3.05) is 16.8 Å². The maximum atomic E-state index is 9.96. The molecular formula is C17H25NO2S. The zero-order valence-corrected chi connectivity index (χ0v) is 13.3. The molecule has 21 heavy (non-hydrogen) atoms. The molecule has 0 bridgehead atoms. The van der Waals surface area contributed by atoms with Crippen molar-refractivity contribution in [3.8, 4) is 5.75 Å². The molecule has 2 atom stereocenters. The Hall–Kier alpha value is -0.870. The lowest BCUT2D eigenvalue weighted by Gasteiger charge is -2.28. The molecule has 1 saturated heterocycles. The van der Waals surface area contributed by atoms with Crippen LogP contribution in [0.1, 0.15) is 38.5 Å². The molecule has 0 unspecified atom stereocenters. The molecule has 0 amide bonds. The van der Waals surface area contributed by atoms with Gasteiger partial charge in [0.1, 0.15) is 11.9 Å². The second kappa shape index (κ2) is 7.41. The van der Waals surface area contributed by atoms with E-state index in [-0.39, 0.29) is 12.2 Å². The number of hydrogen-bond acceptors (Lipinski definition) is 4.